The van der Waals surface area contributed by atoms with Crippen LogP contribution in [0.15, 0.2) is 48.5 Å². The maximum absolute atomic E-state index is 12.5. The number of nitrogens with one attached hydrogen (secondary N) is 2. The van der Waals surface area contributed by atoms with E-state index in [1.807, 2.05) is 6.92 Å². The van der Waals surface area contributed by atoms with Crippen LogP contribution in [0.3, 0.4) is 0 Å². The molecule has 9 heteroatoms. The van der Waals surface area contributed by atoms with Gasteiger partial charge in [-0.15, -0.1) is 0 Å². The molecule has 1 unspecified atom stereocenters. The van der Waals surface area contributed by atoms with E-state index in [9.17, 15) is 24.0 Å². The van der Waals surface area contributed by atoms with Crippen molar-refractivity contribution < 1.29 is 28.7 Å². The SMILES string of the molecule is CCCCN1C(=O)c2ccc(C(=O)OC(C)C(=O)NC(=O)Nc3ccccc3)cc2C1=O. The summed E-state index contributed by atoms with van der Waals surface area (Å²) in [6.07, 6.45) is 0.245. The quantitative estimate of drug-likeness (QED) is 0.507. The van der Waals surface area contributed by atoms with E-state index >= 15 is 0 Å². The summed E-state index contributed by atoms with van der Waals surface area (Å²) >= 11 is 0. The summed E-state index contributed by atoms with van der Waals surface area (Å²) in [4.78, 5) is 62.7. The van der Waals surface area contributed by atoms with Gasteiger partial charge in [0.05, 0.1) is 16.7 Å². The molecule has 0 aromatic heterocycles. The number of fused-ring (bicyclic) bond motifs is 1. The van der Waals surface area contributed by atoms with E-state index in [2.05, 4.69) is 10.6 Å². The molecular weight excluding hydrogens is 414 g/mol. The number of urea groups is 1. The van der Waals surface area contributed by atoms with Crippen LogP contribution in [0.1, 0.15) is 57.8 Å². The Morgan fingerprint density at radius 2 is 1.69 bits per heavy atom. The number of anilines is 1. The molecule has 2 N–H and O–H groups in total. The fraction of sp³-hybridized carbons (Fsp3) is 0.261. The lowest BCUT2D eigenvalue weighted by Gasteiger charge is -2.13. The molecule has 3 rings (SSSR count). The van der Waals surface area contributed by atoms with Crippen molar-refractivity contribution in [3.63, 3.8) is 0 Å². The van der Waals surface area contributed by atoms with Crippen LogP contribution >= 0.6 is 0 Å². The van der Waals surface area contributed by atoms with Gasteiger partial charge >= 0.3 is 12.0 Å². The van der Waals surface area contributed by atoms with Crippen molar-refractivity contribution in [2.75, 3.05) is 11.9 Å². The smallest absolute Gasteiger partial charge is 0.338 e. The van der Waals surface area contributed by atoms with Crippen LogP contribution in [0.25, 0.3) is 0 Å². The van der Waals surface area contributed by atoms with Gasteiger partial charge in [0.15, 0.2) is 6.10 Å². The van der Waals surface area contributed by atoms with E-state index in [1.165, 1.54) is 25.1 Å². The summed E-state index contributed by atoms with van der Waals surface area (Å²) in [5, 5.41) is 4.58. The van der Waals surface area contributed by atoms with Gasteiger partial charge in [0.25, 0.3) is 17.7 Å². The van der Waals surface area contributed by atoms with Gasteiger partial charge in [-0.2, -0.15) is 0 Å². The van der Waals surface area contributed by atoms with Gasteiger partial charge in [-0.3, -0.25) is 24.6 Å². The van der Waals surface area contributed by atoms with E-state index in [4.69, 9.17) is 4.74 Å². The molecule has 0 saturated heterocycles. The summed E-state index contributed by atoms with van der Waals surface area (Å²) in [6.45, 7) is 3.58. The number of esters is 1. The summed E-state index contributed by atoms with van der Waals surface area (Å²) in [7, 11) is 0. The van der Waals surface area contributed by atoms with Crippen molar-refractivity contribution in [3.8, 4) is 0 Å². The summed E-state index contributed by atoms with van der Waals surface area (Å²) in [5.41, 5.74) is 0.870. The second-order valence-corrected chi connectivity index (χ2v) is 7.23. The average Bonchev–Trinajstić information content (AvgIpc) is 3.02. The van der Waals surface area contributed by atoms with E-state index in [-0.39, 0.29) is 16.7 Å². The van der Waals surface area contributed by atoms with Gasteiger partial charge in [-0.25, -0.2) is 9.59 Å². The molecule has 1 heterocycles. The molecule has 166 valence electrons. The van der Waals surface area contributed by atoms with Gasteiger partial charge in [-0.05, 0) is 43.7 Å². The lowest BCUT2D eigenvalue weighted by atomic mass is 10.1. The zero-order valence-electron chi connectivity index (χ0n) is 17.7. The predicted molar refractivity (Wildman–Crippen MR) is 115 cm³/mol. The second-order valence-electron chi connectivity index (χ2n) is 7.23. The number of benzene rings is 2. The van der Waals surface area contributed by atoms with Gasteiger partial charge in [0.1, 0.15) is 0 Å². The number of carbonyl (C=O) groups excluding carboxylic acids is 5. The maximum atomic E-state index is 12.5. The van der Waals surface area contributed by atoms with Crippen LogP contribution in [0.2, 0.25) is 0 Å². The number of unbranched alkanes of at least 4 members (excludes halogenated alkanes) is 1. The van der Waals surface area contributed by atoms with Crippen LogP contribution in [-0.2, 0) is 9.53 Å². The third kappa shape index (κ3) is 5.00. The molecular formula is C23H23N3O6. The van der Waals surface area contributed by atoms with Crippen LogP contribution in [-0.4, -0.2) is 47.3 Å². The van der Waals surface area contributed by atoms with E-state index in [1.54, 1.807) is 30.3 Å². The molecule has 0 spiro atoms. The third-order valence-corrected chi connectivity index (χ3v) is 4.86. The van der Waals surface area contributed by atoms with Crippen molar-refractivity contribution in [2.45, 2.75) is 32.8 Å². The highest BCUT2D eigenvalue weighted by atomic mass is 16.5. The van der Waals surface area contributed by atoms with Crippen molar-refractivity contribution in [1.82, 2.24) is 10.2 Å². The van der Waals surface area contributed by atoms with E-state index < -0.39 is 35.8 Å². The average molecular weight is 437 g/mol. The zero-order valence-corrected chi connectivity index (χ0v) is 17.7. The number of ether oxygens (including phenoxy) is 1. The lowest BCUT2D eigenvalue weighted by molar-refractivity contribution is -0.127. The summed E-state index contributed by atoms with van der Waals surface area (Å²) in [5.74, 6) is -2.52. The molecule has 1 atom stereocenters. The fourth-order valence-corrected chi connectivity index (χ4v) is 3.12. The number of nitrogens with zero attached hydrogens (tertiary/aromatic N) is 1. The molecule has 5 amide bonds. The van der Waals surface area contributed by atoms with Gasteiger partial charge in [0, 0.05) is 12.2 Å². The molecule has 2 aromatic rings. The van der Waals surface area contributed by atoms with Gasteiger partial charge in [-0.1, -0.05) is 31.5 Å². The highest BCUT2D eigenvalue weighted by molar-refractivity contribution is 6.22. The standard InChI is InChI=1S/C23H23N3O6/c1-3-4-12-26-20(28)17-11-10-15(13-18(17)21(26)29)22(30)32-14(2)19(27)25-23(31)24-16-8-6-5-7-9-16/h5-11,13-14H,3-4,12H2,1-2H3,(H2,24,25,27,31). The van der Waals surface area contributed by atoms with Crippen LogP contribution < -0.4 is 10.6 Å². The minimum atomic E-state index is -1.27. The molecule has 1 aliphatic heterocycles. The number of carbonyl (C=O) groups is 5. The lowest BCUT2D eigenvalue weighted by Crippen LogP contribution is -2.41. The van der Waals surface area contributed by atoms with Crippen molar-refractivity contribution in [1.29, 1.82) is 0 Å². The van der Waals surface area contributed by atoms with Crippen LogP contribution in [0.5, 0.6) is 0 Å². The molecule has 9 nitrogen and oxygen atoms in total. The number of imide groups is 2. The number of para-hydroxylation sites is 1. The Bertz CT molecular complexity index is 1070. The Morgan fingerprint density at radius 3 is 2.38 bits per heavy atom. The number of amides is 5. The Kier molecular flexibility index (Phi) is 6.99. The Hall–Kier alpha value is -4.01. The maximum Gasteiger partial charge on any atom is 0.338 e. The predicted octanol–water partition coefficient (Wildman–Crippen LogP) is 2.98. The first-order chi connectivity index (χ1) is 15.3. The van der Waals surface area contributed by atoms with Crippen molar-refractivity contribution in [3.05, 3.63) is 65.2 Å². The fourth-order valence-electron chi connectivity index (χ4n) is 3.12. The Labute approximate surface area is 184 Å². The first kappa shape index (κ1) is 22.7. The molecule has 0 aliphatic carbocycles. The van der Waals surface area contributed by atoms with E-state index in [0.29, 0.717) is 18.7 Å². The number of rotatable bonds is 7. The summed E-state index contributed by atoms with van der Waals surface area (Å²) < 4.78 is 5.12. The van der Waals surface area contributed by atoms with Crippen LogP contribution in [0.4, 0.5) is 10.5 Å². The molecule has 2 aromatic carbocycles. The van der Waals surface area contributed by atoms with E-state index in [0.717, 1.165) is 11.3 Å². The molecule has 32 heavy (non-hydrogen) atoms. The second kappa shape index (κ2) is 9.86. The summed E-state index contributed by atoms with van der Waals surface area (Å²) in [6, 6.07) is 11.8. The molecule has 0 bridgehead atoms. The van der Waals surface area contributed by atoms with Gasteiger partial charge < -0.3 is 10.1 Å². The monoisotopic (exact) mass is 437 g/mol. The largest absolute Gasteiger partial charge is 0.449 e. The van der Waals surface area contributed by atoms with Crippen LogP contribution in [0, 0.1) is 0 Å². The molecule has 0 saturated carbocycles. The first-order valence-corrected chi connectivity index (χ1v) is 10.2. The highest BCUT2D eigenvalue weighted by Crippen LogP contribution is 2.25. The van der Waals surface area contributed by atoms with Crippen molar-refractivity contribution in [2.24, 2.45) is 0 Å². The Balaban J connectivity index is 1.61. The first-order valence-electron chi connectivity index (χ1n) is 10.2. The zero-order chi connectivity index (χ0) is 23.3. The van der Waals surface area contributed by atoms with Gasteiger partial charge in [0.2, 0.25) is 0 Å². The topological polar surface area (TPSA) is 122 Å². The van der Waals surface area contributed by atoms with Crippen molar-refractivity contribution >= 4 is 35.4 Å². The molecule has 0 radical (unpaired) electrons. The third-order valence-electron chi connectivity index (χ3n) is 4.86. The minimum Gasteiger partial charge on any atom is -0.449 e. The Morgan fingerprint density at radius 1 is 1.00 bits per heavy atom. The number of hydrogen-bond donors (Lipinski definition) is 2. The molecule has 1 aliphatic rings. The highest BCUT2D eigenvalue weighted by Gasteiger charge is 2.35. The number of hydrogen-bond acceptors (Lipinski definition) is 6. The molecule has 0 fully saturated rings. The minimum absolute atomic E-state index is 0.0237. The normalized spacial score (nSPS) is 13.4.